The van der Waals surface area contributed by atoms with E-state index in [0.29, 0.717) is 25.3 Å². The molecule has 1 aromatic carbocycles. The number of nitrogens with one attached hydrogen (secondary N) is 2. The molecule has 2 N–H and O–H groups in total. The molecule has 0 radical (unpaired) electrons. The average Bonchev–Trinajstić information content (AvgIpc) is 2.97. The Morgan fingerprint density at radius 3 is 2.68 bits per heavy atom. The van der Waals surface area contributed by atoms with Crippen LogP contribution in [0.5, 0.6) is 0 Å². The lowest BCUT2D eigenvalue weighted by Crippen LogP contribution is -2.42. The largest absolute Gasteiger partial charge is 0.348 e. The Labute approximate surface area is 183 Å². The molecule has 1 aliphatic heterocycles. The molecular weight excluding hydrogens is 392 g/mol. The van der Waals surface area contributed by atoms with E-state index in [9.17, 15) is 9.59 Å². The second-order valence-corrected chi connectivity index (χ2v) is 8.52. The van der Waals surface area contributed by atoms with Crippen LogP contribution in [-0.4, -0.2) is 51.0 Å². The fraction of sp³-hybridized carbons (Fsp3) is 0.565. The van der Waals surface area contributed by atoms with Crippen molar-refractivity contribution in [3.05, 3.63) is 40.7 Å². The number of carbonyl (C=O) groups excluding carboxylic acids is 2. The third-order valence-corrected chi connectivity index (χ3v) is 6.38. The fourth-order valence-electron chi connectivity index (χ4n) is 4.67. The van der Waals surface area contributed by atoms with Crippen LogP contribution in [0.3, 0.4) is 0 Å². The summed E-state index contributed by atoms with van der Waals surface area (Å²) < 4.78 is 1.77. The summed E-state index contributed by atoms with van der Waals surface area (Å²) >= 11 is 0. The van der Waals surface area contributed by atoms with Gasteiger partial charge in [-0.3, -0.25) is 4.79 Å². The summed E-state index contributed by atoms with van der Waals surface area (Å²) in [6, 6.07) is 6.23. The zero-order valence-corrected chi connectivity index (χ0v) is 18.5. The van der Waals surface area contributed by atoms with E-state index in [1.165, 1.54) is 25.7 Å². The lowest BCUT2D eigenvalue weighted by molar-refractivity contribution is 0.0927. The van der Waals surface area contributed by atoms with E-state index in [-0.39, 0.29) is 18.0 Å². The minimum Gasteiger partial charge on any atom is -0.348 e. The van der Waals surface area contributed by atoms with Gasteiger partial charge in [-0.2, -0.15) is 0 Å². The highest BCUT2D eigenvalue weighted by Gasteiger charge is 2.25. The van der Waals surface area contributed by atoms with Crippen LogP contribution >= 0.6 is 0 Å². The highest BCUT2D eigenvalue weighted by molar-refractivity contribution is 5.93. The van der Waals surface area contributed by atoms with E-state index >= 15 is 0 Å². The lowest BCUT2D eigenvalue weighted by atomic mass is 9.98. The first-order valence-electron chi connectivity index (χ1n) is 11.5. The summed E-state index contributed by atoms with van der Waals surface area (Å²) in [7, 11) is 0. The van der Waals surface area contributed by atoms with Crippen molar-refractivity contribution in [2.75, 3.05) is 13.1 Å². The van der Waals surface area contributed by atoms with Gasteiger partial charge in [-0.1, -0.05) is 43.0 Å². The zero-order chi connectivity index (χ0) is 21.8. The summed E-state index contributed by atoms with van der Waals surface area (Å²) in [6.07, 6.45) is 7.64. The molecule has 1 saturated carbocycles. The molecule has 2 aromatic rings. The Morgan fingerprint density at radius 1 is 1.16 bits per heavy atom. The highest BCUT2D eigenvalue weighted by Crippen LogP contribution is 2.26. The average molecular weight is 425 g/mol. The van der Waals surface area contributed by atoms with E-state index in [1.54, 1.807) is 4.68 Å². The number of hydrogen-bond acceptors (Lipinski definition) is 4. The van der Waals surface area contributed by atoms with Gasteiger partial charge in [0.15, 0.2) is 5.69 Å². The van der Waals surface area contributed by atoms with Gasteiger partial charge in [0.1, 0.15) is 0 Å². The third-order valence-electron chi connectivity index (χ3n) is 6.38. The van der Waals surface area contributed by atoms with Gasteiger partial charge in [0.25, 0.3) is 5.91 Å². The van der Waals surface area contributed by atoms with Crippen LogP contribution in [0.1, 0.15) is 72.8 Å². The first-order chi connectivity index (χ1) is 15.1. The van der Waals surface area contributed by atoms with Crippen molar-refractivity contribution < 1.29 is 9.59 Å². The minimum atomic E-state index is -0.136. The molecule has 8 heteroatoms. The van der Waals surface area contributed by atoms with Gasteiger partial charge in [0.05, 0.1) is 11.4 Å². The predicted octanol–water partition coefficient (Wildman–Crippen LogP) is 3.12. The third kappa shape index (κ3) is 4.57. The second-order valence-electron chi connectivity index (χ2n) is 8.52. The number of urea groups is 1. The van der Waals surface area contributed by atoms with Gasteiger partial charge >= 0.3 is 6.03 Å². The summed E-state index contributed by atoms with van der Waals surface area (Å²) in [4.78, 5) is 26.9. The van der Waals surface area contributed by atoms with E-state index in [0.717, 1.165) is 41.8 Å². The van der Waals surface area contributed by atoms with Crippen molar-refractivity contribution >= 4 is 11.9 Å². The summed E-state index contributed by atoms with van der Waals surface area (Å²) in [6.45, 7) is 5.65. The van der Waals surface area contributed by atoms with E-state index in [2.05, 4.69) is 27.0 Å². The van der Waals surface area contributed by atoms with Crippen LogP contribution < -0.4 is 10.6 Å². The van der Waals surface area contributed by atoms with Gasteiger partial charge in [-0.15, -0.1) is 5.10 Å². The van der Waals surface area contributed by atoms with Gasteiger partial charge < -0.3 is 15.5 Å². The van der Waals surface area contributed by atoms with Crippen molar-refractivity contribution in [3.63, 3.8) is 0 Å². The molecule has 1 aliphatic carbocycles. The Balaban J connectivity index is 1.54. The number of aromatic nitrogens is 3. The lowest BCUT2D eigenvalue weighted by Gasteiger charge is -2.30. The molecular formula is C23H32N6O2. The van der Waals surface area contributed by atoms with Gasteiger partial charge in [0.2, 0.25) is 0 Å². The van der Waals surface area contributed by atoms with Crippen LogP contribution in [-0.2, 0) is 13.0 Å². The number of fused-ring (bicyclic) bond motifs is 1. The molecule has 3 amide bonds. The standard InChI is InChI=1S/C23H32N6O2/c1-3-24-23(31)28-14-13-19-17(15-28)9-8-12-20(19)29-16(2)21(26-27-29)22(30)25-18-10-6-4-5-7-11-18/h8-9,12,18H,3-7,10-11,13-15H2,1-2H3,(H,24,31)(H,25,30). The normalized spacial score (nSPS) is 17.0. The smallest absolute Gasteiger partial charge is 0.317 e. The molecule has 0 atom stereocenters. The van der Waals surface area contributed by atoms with Crippen LogP contribution in [0.15, 0.2) is 18.2 Å². The molecule has 0 bridgehead atoms. The van der Waals surface area contributed by atoms with Crippen molar-refractivity contribution in [3.8, 4) is 5.69 Å². The quantitative estimate of drug-likeness (QED) is 0.738. The summed E-state index contributed by atoms with van der Waals surface area (Å²) in [5.74, 6) is -0.136. The molecule has 0 saturated heterocycles. The van der Waals surface area contributed by atoms with E-state index in [1.807, 2.05) is 30.9 Å². The Kier molecular flexibility index (Phi) is 6.53. The molecule has 2 aliphatic rings. The Hall–Kier alpha value is -2.90. The minimum absolute atomic E-state index is 0.0343. The van der Waals surface area contributed by atoms with Crippen LogP contribution in [0.4, 0.5) is 4.79 Å². The number of hydrogen-bond donors (Lipinski definition) is 2. The van der Waals surface area contributed by atoms with Crippen molar-refractivity contribution in [1.82, 2.24) is 30.5 Å². The molecule has 8 nitrogen and oxygen atoms in total. The Bertz CT molecular complexity index is 946. The second kappa shape index (κ2) is 9.49. The molecule has 166 valence electrons. The first kappa shape index (κ1) is 21.3. The number of nitrogens with zero attached hydrogens (tertiary/aromatic N) is 4. The highest BCUT2D eigenvalue weighted by atomic mass is 16.2. The topological polar surface area (TPSA) is 92.2 Å². The SMILES string of the molecule is CCNC(=O)N1CCc2c(cccc2-n2nnc(C(=O)NC3CCCCCC3)c2C)C1. The molecule has 31 heavy (non-hydrogen) atoms. The molecule has 1 aromatic heterocycles. The van der Waals surface area contributed by atoms with Crippen LogP contribution in [0.25, 0.3) is 5.69 Å². The van der Waals surface area contributed by atoms with Crippen molar-refractivity contribution in [2.45, 2.75) is 71.4 Å². The molecule has 2 heterocycles. The molecule has 0 spiro atoms. The fourth-order valence-corrected chi connectivity index (χ4v) is 4.67. The predicted molar refractivity (Wildman–Crippen MR) is 118 cm³/mol. The number of amides is 3. The van der Waals surface area contributed by atoms with E-state index in [4.69, 9.17) is 0 Å². The van der Waals surface area contributed by atoms with Crippen LogP contribution in [0.2, 0.25) is 0 Å². The zero-order valence-electron chi connectivity index (χ0n) is 18.5. The van der Waals surface area contributed by atoms with Crippen molar-refractivity contribution in [2.24, 2.45) is 0 Å². The van der Waals surface area contributed by atoms with Crippen LogP contribution in [0, 0.1) is 6.92 Å². The number of rotatable bonds is 4. The maximum atomic E-state index is 12.9. The van der Waals surface area contributed by atoms with Gasteiger partial charge in [-0.05, 0) is 50.3 Å². The molecule has 1 fully saturated rings. The summed E-state index contributed by atoms with van der Waals surface area (Å²) in [5.41, 5.74) is 4.33. The van der Waals surface area contributed by atoms with Gasteiger partial charge in [-0.25, -0.2) is 9.48 Å². The molecule has 0 unspecified atom stereocenters. The number of benzene rings is 1. The van der Waals surface area contributed by atoms with E-state index < -0.39 is 0 Å². The maximum Gasteiger partial charge on any atom is 0.317 e. The van der Waals surface area contributed by atoms with Crippen molar-refractivity contribution in [1.29, 1.82) is 0 Å². The first-order valence-corrected chi connectivity index (χ1v) is 11.5. The summed E-state index contributed by atoms with van der Waals surface area (Å²) in [5, 5.41) is 14.6. The van der Waals surface area contributed by atoms with Gasteiger partial charge in [0, 0.05) is 25.7 Å². The number of carbonyl (C=O) groups is 2. The molecule has 4 rings (SSSR count). The Morgan fingerprint density at radius 2 is 1.94 bits per heavy atom. The maximum absolute atomic E-state index is 12.9. The monoisotopic (exact) mass is 424 g/mol.